The molecule has 1 heterocycles. The molecule has 5 heteroatoms. The Morgan fingerprint density at radius 2 is 2.00 bits per heavy atom. The molecule has 4 nitrogen and oxygen atoms in total. The van der Waals surface area contributed by atoms with Crippen LogP contribution in [0.1, 0.15) is 10.5 Å². The summed E-state index contributed by atoms with van der Waals surface area (Å²) in [6.45, 7) is 0. The Morgan fingerprint density at radius 3 is 2.56 bits per heavy atom. The van der Waals surface area contributed by atoms with Gasteiger partial charge in [-0.2, -0.15) is 0 Å². The van der Waals surface area contributed by atoms with Crippen LogP contribution in [0, 0.1) is 0 Å². The van der Waals surface area contributed by atoms with Crippen molar-refractivity contribution in [1.82, 2.24) is 10.2 Å². The number of halogens is 1. The summed E-state index contributed by atoms with van der Waals surface area (Å²) in [5, 5.41) is 16.7. The zero-order valence-electron chi connectivity index (χ0n) is 8.09. The lowest BCUT2D eigenvalue weighted by molar-refractivity contribution is 0.0689. The molecule has 0 aliphatic heterocycles. The lowest BCUT2D eigenvalue weighted by Crippen LogP contribution is -2.01. The molecule has 0 amide bonds. The van der Waals surface area contributed by atoms with Crippen molar-refractivity contribution in [3.05, 3.63) is 47.1 Å². The van der Waals surface area contributed by atoms with E-state index in [0.717, 1.165) is 5.56 Å². The van der Waals surface area contributed by atoms with Crippen LogP contribution in [0.3, 0.4) is 0 Å². The summed E-state index contributed by atoms with van der Waals surface area (Å²) < 4.78 is 0. The highest BCUT2D eigenvalue weighted by Crippen LogP contribution is 2.20. The molecule has 0 unspecified atom stereocenters. The molecule has 0 spiro atoms. The fraction of sp³-hybridized carbons (Fsp3) is 0. The summed E-state index contributed by atoms with van der Waals surface area (Å²) in [4.78, 5) is 10.6. The monoisotopic (exact) mass is 234 g/mol. The van der Waals surface area contributed by atoms with E-state index in [1.54, 1.807) is 24.3 Å². The maximum atomic E-state index is 10.6. The zero-order valence-corrected chi connectivity index (χ0v) is 8.85. The fourth-order valence-electron chi connectivity index (χ4n) is 1.25. The minimum atomic E-state index is -1.09. The second-order valence-corrected chi connectivity index (χ2v) is 3.56. The normalized spacial score (nSPS) is 10.1. The van der Waals surface area contributed by atoms with E-state index < -0.39 is 5.97 Å². The van der Waals surface area contributed by atoms with Gasteiger partial charge in [-0.15, -0.1) is 10.2 Å². The van der Waals surface area contributed by atoms with Crippen LogP contribution in [-0.4, -0.2) is 21.3 Å². The van der Waals surface area contributed by atoms with Gasteiger partial charge in [-0.05, 0) is 24.3 Å². The lowest BCUT2D eigenvalue weighted by atomic mass is 10.1. The Hall–Kier alpha value is -1.94. The van der Waals surface area contributed by atoms with Crippen LogP contribution in [0.4, 0.5) is 0 Å². The molecule has 0 radical (unpaired) electrons. The van der Waals surface area contributed by atoms with Crippen molar-refractivity contribution in [2.45, 2.75) is 0 Å². The number of rotatable bonds is 2. The number of benzene rings is 1. The van der Waals surface area contributed by atoms with Gasteiger partial charge in [0.1, 0.15) is 0 Å². The Kier molecular flexibility index (Phi) is 2.83. The molecule has 0 saturated heterocycles. The van der Waals surface area contributed by atoms with E-state index >= 15 is 0 Å². The van der Waals surface area contributed by atoms with Gasteiger partial charge in [-0.1, -0.05) is 23.7 Å². The van der Waals surface area contributed by atoms with Crippen molar-refractivity contribution in [1.29, 1.82) is 0 Å². The number of carboxylic acid groups (broad SMARTS) is 1. The molecule has 0 aliphatic carbocycles. The molecule has 1 aromatic carbocycles. The minimum absolute atomic E-state index is 0.0780. The van der Waals surface area contributed by atoms with Gasteiger partial charge in [0.05, 0.1) is 5.69 Å². The molecule has 80 valence electrons. The van der Waals surface area contributed by atoms with Gasteiger partial charge in [0.2, 0.25) is 0 Å². The van der Waals surface area contributed by atoms with Crippen LogP contribution in [0.15, 0.2) is 36.4 Å². The highest BCUT2D eigenvalue weighted by Gasteiger charge is 2.06. The molecular weight excluding hydrogens is 228 g/mol. The van der Waals surface area contributed by atoms with E-state index in [1.165, 1.54) is 6.07 Å². The Balaban J connectivity index is 2.38. The molecule has 1 aromatic heterocycles. The number of nitrogens with zero attached hydrogens (tertiary/aromatic N) is 2. The summed E-state index contributed by atoms with van der Waals surface area (Å²) in [6, 6.07) is 10.1. The first-order valence-corrected chi connectivity index (χ1v) is 4.87. The smallest absolute Gasteiger partial charge is 0.356 e. The molecule has 1 N–H and O–H groups in total. The van der Waals surface area contributed by atoms with Crippen LogP contribution < -0.4 is 0 Å². The van der Waals surface area contributed by atoms with Gasteiger partial charge in [0.25, 0.3) is 0 Å². The number of aromatic carboxylic acids is 1. The second kappa shape index (κ2) is 4.28. The zero-order chi connectivity index (χ0) is 11.5. The van der Waals surface area contributed by atoms with Gasteiger partial charge in [0.15, 0.2) is 5.69 Å². The standard InChI is InChI=1S/C11H7ClN2O2/c12-8-3-1-2-7(6-8)9-4-5-10(11(15)16)14-13-9/h1-6H,(H,15,16). The van der Waals surface area contributed by atoms with E-state index in [9.17, 15) is 4.79 Å². The van der Waals surface area contributed by atoms with Gasteiger partial charge in [-0.3, -0.25) is 0 Å². The summed E-state index contributed by atoms with van der Waals surface area (Å²) in [7, 11) is 0. The van der Waals surface area contributed by atoms with Gasteiger partial charge < -0.3 is 5.11 Å². The Labute approximate surface area is 96.5 Å². The molecule has 2 rings (SSSR count). The summed E-state index contributed by atoms with van der Waals surface area (Å²) in [5.74, 6) is -1.09. The average molecular weight is 235 g/mol. The third-order valence-electron chi connectivity index (χ3n) is 2.00. The van der Waals surface area contributed by atoms with Crippen LogP contribution >= 0.6 is 11.6 Å². The van der Waals surface area contributed by atoms with Crippen molar-refractivity contribution in [3.63, 3.8) is 0 Å². The first kappa shape index (κ1) is 10.6. The number of carboxylic acids is 1. The van der Waals surface area contributed by atoms with Crippen molar-refractivity contribution >= 4 is 17.6 Å². The minimum Gasteiger partial charge on any atom is -0.476 e. The first-order valence-electron chi connectivity index (χ1n) is 4.50. The van der Waals surface area contributed by atoms with Crippen LogP contribution in [0.25, 0.3) is 11.3 Å². The average Bonchev–Trinajstić information content (AvgIpc) is 2.29. The fourth-order valence-corrected chi connectivity index (χ4v) is 1.44. The van der Waals surface area contributed by atoms with E-state index in [0.29, 0.717) is 10.7 Å². The number of hydrogen-bond acceptors (Lipinski definition) is 3. The maximum absolute atomic E-state index is 10.6. The first-order chi connectivity index (χ1) is 7.66. The van der Waals surface area contributed by atoms with E-state index in [2.05, 4.69) is 10.2 Å². The predicted molar refractivity (Wildman–Crippen MR) is 59.4 cm³/mol. The van der Waals surface area contributed by atoms with E-state index in [1.807, 2.05) is 6.07 Å². The molecule has 0 fully saturated rings. The van der Waals surface area contributed by atoms with Crippen molar-refractivity contribution in [2.75, 3.05) is 0 Å². The maximum Gasteiger partial charge on any atom is 0.356 e. The highest BCUT2D eigenvalue weighted by molar-refractivity contribution is 6.30. The molecule has 0 atom stereocenters. The molecule has 2 aromatic rings. The quantitative estimate of drug-likeness (QED) is 0.867. The van der Waals surface area contributed by atoms with Crippen LogP contribution in [0.2, 0.25) is 5.02 Å². The summed E-state index contributed by atoms with van der Waals surface area (Å²) in [6.07, 6.45) is 0. The molecule has 0 bridgehead atoms. The number of hydrogen-bond donors (Lipinski definition) is 1. The van der Waals surface area contributed by atoms with E-state index in [4.69, 9.17) is 16.7 Å². The van der Waals surface area contributed by atoms with Crippen molar-refractivity contribution in [2.24, 2.45) is 0 Å². The number of aromatic nitrogens is 2. The topological polar surface area (TPSA) is 63.1 Å². The lowest BCUT2D eigenvalue weighted by Gasteiger charge is -2.00. The Morgan fingerprint density at radius 1 is 1.19 bits per heavy atom. The molecule has 0 saturated carbocycles. The number of carbonyl (C=O) groups is 1. The summed E-state index contributed by atoms with van der Waals surface area (Å²) >= 11 is 5.83. The molecular formula is C11H7ClN2O2. The van der Waals surface area contributed by atoms with Gasteiger partial charge >= 0.3 is 5.97 Å². The molecule has 16 heavy (non-hydrogen) atoms. The van der Waals surface area contributed by atoms with Crippen molar-refractivity contribution < 1.29 is 9.90 Å². The Bertz CT molecular complexity index is 526. The second-order valence-electron chi connectivity index (χ2n) is 3.12. The van der Waals surface area contributed by atoms with Crippen LogP contribution in [-0.2, 0) is 0 Å². The third kappa shape index (κ3) is 2.17. The van der Waals surface area contributed by atoms with Gasteiger partial charge in [0, 0.05) is 10.6 Å². The highest BCUT2D eigenvalue weighted by atomic mass is 35.5. The van der Waals surface area contributed by atoms with E-state index in [-0.39, 0.29) is 5.69 Å². The van der Waals surface area contributed by atoms with Crippen LogP contribution in [0.5, 0.6) is 0 Å². The van der Waals surface area contributed by atoms with Crippen molar-refractivity contribution in [3.8, 4) is 11.3 Å². The molecule has 0 aliphatic rings. The third-order valence-corrected chi connectivity index (χ3v) is 2.24. The van der Waals surface area contributed by atoms with Gasteiger partial charge in [-0.25, -0.2) is 4.79 Å². The predicted octanol–water partition coefficient (Wildman–Crippen LogP) is 2.50. The summed E-state index contributed by atoms with van der Waals surface area (Å²) in [5.41, 5.74) is 1.32. The largest absolute Gasteiger partial charge is 0.476 e. The SMILES string of the molecule is O=C(O)c1ccc(-c2cccc(Cl)c2)nn1.